The van der Waals surface area contributed by atoms with Crippen molar-refractivity contribution in [3.8, 4) is 0 Å². The summed E-state index contributed by atoms with van der Waals surface area (Å²) >= 11 is 0. The van der Waals surface area contributed by atoms with Gasteiger partial charge in [0.15, 0.2) is 0 Å². The van der Waals surface area contributed by atoms with Gasteiger partial charge in [0.1, 0.15) is 6.61 Å². The zero-order valence-electron chi connectivity index (χ0n) is 7.43. The van der Waals surface area contributed by atoms with Crippen molar-refractivity contribution in [1.29, 1.82) is 0 Å². The Bertz CT molecular complexity index is 236. The second kappa shape index (κ2) is 3.38. The van der Waals surface area contributed by atoms with Gasteiger partial charge in [-0.05, 0) is 6.42 Å². The van der Waals surface area contributed by atoms with Crippen LogP contribution in [0.2, 0.25) is 0 Å². The monoisotopic (exact) mass is 184 g/mol. The van der Waals surface area contributed by atoms with Crippen molar-refractivity contribution in [2.75, 3.05) is 13.7 Å². The van der Waals surface area contributed by atoms with E-state index in [1.54, 1.807) is 0 Å². The van der Waals surface area contributed by atoms with Crippen LogP contribution < -0.4 is 0 Å². The minimum absolute atomic E-state index is 0.134. The quantitative estimate of drug-likeness (QED) is 0.476. The molecule has 1 fully saturated rings. The molecule has 13 heavy (non-hydrogen) atoms. The maximum absolute atomic E-state index is 10.7. The molecule has 2 bridgehead atoms. The van der Waals surface area contributed by atoms with E-state index in [9.17, 15) is 4.79 Å². The third kappa shape index (κ3) is 1.67. The fourth-order valence-corrected chi connectivity index (χ4v) is 1.76. The zero-order chi connectivity index (χ0) is 9.26. The van der Waals surface area contributed by atoms with Crippen molar-refractivity contribution >= 4 is 6.16 Å². The molecule has 4 nitrogen and oxygen atoms in total. The molecular weight excluding hydrogens is 172 g/mol. The summed E-state index contributed by atoms with van der Waals surface area (Å²) < 4.78 is 14.7. The lowest BCUT2D eigenvalue weighted by Crippen LogP contribution is -2.21. The predicted molar refractivity (Wildman–Crippen MR) is 44.3 cm³/mol. The van der Waals surface area contributed by atoms with Gasteiger partial charge in [-0.2, -0.15) is 0 Å². The van der Waals surface area contributed by atoms with Crippen LogP contribution >= 0.6 is 0 Å². The van der Waals surface area contributed by atoms with Crippen LogP contribution in [0.5, 0.6) is 0 Å². The van der Waals surface area contributed by atoms with E-state index in [1.807, 2.05) is 6.08 Å². The molecular formula is C9H12O4. The number of ether oxygens (including phenoxy) is 3. The van der Waals surface area contributed by atoms with Crippen LogP contribution in [0, 0.1) is 5.92 Å². The summed E-state index contributed by atoms with van der Waals surface area (Å²) in [6.45, 7) is 0.387. The molecule has 0 amide bonds. The Kier molecular flexibility index (Phi) is 2.22. The molecule has 3 atom stereocenters. The van der Waals surface area contributed by atoms with Crippen LogP contribution in [0.15, 0.2) is 12.2 Å². The van der Waals surface area contributed by atoms with Crippen molar-refractivity contribution in [2.24, 2.45) is 5.92 Å². The first-order valence-corrected chi connectivity index (χ1v) is 4.34. The first-order valence-electron chi connectivity index (χ1n) is 4.34. The topological polar surface area (TPSA) is 44.8 Å². The summed E-state index contributed by atoms with van der Waals surface area (Å²) in [6, 6.07) is 0. The van der Waals surface area contributed by atoms with E-state index >= 15 is 0 Å². The largest absolute Gasteiger partial charge is 0.507 e. The summed E-state index contributed by atoms with van der Waals surface area (Å²) in [5.41, 5.74) is 0. The van der Waals surface area contributed by atoms with E-state index < -0.39 is 6.16 Å². The van der Waals surface area contributed by atoms with E-state index in [1.165, 1.54) is 7.11 Å². The molecule has 0 aliphatic carbocycles. The molecule has 2 rings (SSSR count). The van der Waals surface area contributed by atoms with Crippen LogP contribution in [-0.4, -0.2) is 32.1 Å². The Morgan fingerprint density at radius 3 is 3.00 bits per heavy atom. The van der Waals surface area contributed by atoms with Gasteiger partial charge in [-0.3, -0.25) is 0 Å². The van der Waals surface area contributed by atoms with Crippen molar-refractivity contribution in [3.05, 3.63) is 12.2 Å². The summed E-state index contributed by atoms with van der Waals surface area (Å²) in [4.78, 5) is 10.7. The molecule has 0 aromatic heterocycles. The molecule has 2 aliphatic rings. The highest BCUT2D eigenvalue weighted by molar-refractivity contribution is 5.59. The molecule has 3 unspecified atom stereocenters. The average Bonchev–Trinajstić information content (AvgIpc) is 2.74. The Hall–Kier alpha value is -1.03. The molecule has 0 saturated carbocycles. The van der Waals surface area contributed by atoms with Gasteiger partial charge in [-0.25, -0.2) is 4.79 Å². The highest BCUT2D eigenvalue weighted by Crippen LogP contribution is 2.33. The molecule has 2 aliphatic heterocycles. The van der Waals surface area contributed by atoms with E-state index in [0.717, 1.165) is 6.42 Å². The first kappa shape index (κ1) is 8.56. The molecule has 0 spiro atoms. The standard InChI is InChI=1S/C9H12O4/c1-11-9(10)12-5-6-4-7-2-3-8(6)13-7/h2-3,6-8H,4-5H2,1H3. The number of hydrogen-bond donors (Lipinski definition) is 0. The second-order valence-electron chi connectivity index (χ2n) is 3.28. The van der Waals surface area contributed by atoms with E-state index in [-0.39, 0.29) is 12.2 Å². The van der Waals surface area contributed by atoms with Gasteiger partial charge < -0.3 is 14.2 Å². The highest BCUT2D eigenvalue weighted by atomic mass is 16.7. The van der Waals surface area contributed by atoms with E-state index in [4.69, 9.17) is 9.47 Å². The number of carbonyl (C=O) groups excluding carboxylic acids is 1. The zero-order valence-corrected chi connectivity index (χ0v) is 7.43. The Balaban J connectivity index is 1.78. The first-order chi connectivity index (χ1) is 6.29. The third-order valence-electron chi connectivity index (χ3n) is 2.43. The maximum atomic E-state index is 10.7. The number of fused-ring (bicyclic) bond motifs is 2. The molecule has 0 radical (unpaired) electrons. The number of carbonyl (C=O) groups is 1. The molecule has 2 heterocycles. The normalized spacial score (nSPS) is 35.0. The molecule has 1 saturated heterocycles. The molecule has 72 valence electrons. The summed E-state index contributed by atoms with van der Waals surface area (Å²) in [5.74, 6) is 0.300. The lowest BCUT2D eigenvalue weighted by Gasteiger charge is -2.14. The minimum Gasteiger partial charge on any atom is -0.438 e. The summed E-state index contributed by atoms with van der Waals surface area (Å²) in [7, 11) is 1.31. The van der Waals surface area contributed by atoms with E-state index in [2.05, 4.69) is 10.8 Å². The van der Waals surface area contributed by atoms with Gasteiger partial charge in [0.05, 0.1) is 19.3 Å². The van der Waals surface area contributed by atoms with E-state index in [0.29, 0.717) is 12.5 Å². The van der Waals surface area contributed by atoms with Crippen LogP contribution in [-0.2, 0) is 14.2 Å². The van der Waals surface area contributed by atoms with Crippen molar-refractivity contribution in [3.63, 3.8) is 0 Å². The second-order valence-corrected chi connectivity index (χ2v) is 3.28. The predicted octanol–water partition coefficient (Wildman–Crippen LogP) is 1.11. The molecule has 4 heteroatoms. The van der Waals surface area contributed by atoms with Crippen LogP contribution in [0.3, 0.4) is 0 Å². The van der Waals surface area contributed by atoms with Gasteiger partial charge in [0.25, 0.3) is 0 Å². The maximum Gasteiger partial charge on any atom is 0.507 e. The molecule has 0 aromatic carbocycles. The van der Waals surface area contributed by atoms with Gasteiger partial charge in [-0.1, -0.05) is 12.2 Å². The Labute approximate surface area is 76.5 Å². The molecule has 0 aromatic rings. The summed E-state index contributed by atoms with van der Waals surface area (Å²) in [5, 5.41) is 0. The Morgan fingerprint density at radius 2 is 2.46 bits per heavy atom. The fourth-order valence-electron chi connectivity index (χ4n) is 1.76. The minimum atomic E-state index is -0.619. The lowest BCUT2D eigenvalue weighted by molar-refractivity contribution is 0.0473. The lowest BCUT2D eigenvalue weighted by atomic mass is 9.95. The van der Waals surface area contributed by atoms with Crippen LogP contribution in [0.4, 0.5) is 4.79 Å². The van der Waals surface area contributed by atoms with Crippen molar-refractivity contribution in [1.82, 2.24) is 0 Å². The molecule has 0 N–H and O–H groups in total. The number of rotatable bonds is 2. The number of hydrogen-bond acceptors (Lipinski definition) is 4. The fraction of sp³-hybridized carbons (Fsp3) is 0.667. The van der Waals surface area contributed by atoms with Gasteiger partial charge >= 0.3 is 6.16 Å². The smallest absolute Gasteiger partial charge is 0.438 e. The third-order valence-corrected chi connectivity index (χ3v) is 2.43. The number of methoxy groups -OCH3 is 1. The van der Waals surface area contributed by atoms with Crippen LogP contribution in [0.1, 0.15) is 6.42 Å². The van der Waals surface area contributed by atoms with Crippen molar-refractivity contribution < 1.29 is 19.0 Å². The van der Waals surface area contributed by atoms with Crippen LogP contribution in [0.25, 0.3) is 0 Å². The van der Waals surface area contributed by atoms with Gasteiger partial charge in [0, 0.05) is 5.92 Å². The highest BCUT2D eigenvalue weighted by Gasteiger charge is 2.37. The SMILES string of the molecule is COC(=O)OCC1CC2C=CC1O2. The van der Waals surface area contributed by atoms with Gasteiger partial charge in [-0.15, -0.1) is 0 Å². The van der Waals surface area contributed by atoms with Gasteiger partial charge in [0.2, 0.25) is 0 Å². The Morgan fingerprint density at radius 1 is 1.62 bits per heavy atom. The summed E-state index contributed by atoms with van der Waals surface area (Å²) in [6.07, 6.45) is 4.77. The van der Waals surface area contributed by atoms with Crippen molar-refractivity contribution in [2.45, 2.75) is 18.6 Å². The average molecular weight is 184 g/mol.